The van der Waals surface area contributed by atoms with E-state index in [1.807, 2.05) is 54.6 Å². The Morgan fingerprint density at radius 2 is 1.88 bits per heavy atom. The van der Waals surface area contributed by atoms with Crippen LogP contribution in [0.2, 0.25) is 0 Å². The van der Waals surface area contributed by atoms with Crippen LogP contribution in [0.3, 0.4) is 0 Å². The number of pyridine rings is 1. The van der Waals surface area contributed by atoms with Gasteiger partial charge in [-0.3, -0.25) is 10.00 Å². The van der Waals surface area contributed by atoms with E-state index in [-0.39, 0.29) is 6.04 Å². The zero-order valence-electron chi connectivity index (χ0n) is 17.2. The molecule has 2 aromatic heterocycles. The number of carbonyl (C=O) groups is 1. The third kappa shape index (κ3) is 3.69. The van der Waals surface area contributed by atoms with E-state index in [4.69, 9.17) is 10.5 Å². The lowest BCUT2D eigenvalue weighted by molar-refractivity contribution is 0.199. The molecule has 5 rings (SSSR count). The molecule has 0 saturated carbocycles. The molecule has 4 aromatic rings. The van der Waals surface area contributed by atoms with Gasteiger partial charge in [-0.05, 0) is 48.9 Å². The number of ether oxygens (including phenoxy) is 1. The summed E-state index contributed by atoms with van der Waals surface area (Å²) in [5.74, 6) is 2.14. The molecule has 5 N–H and O–H groups in total. The van der Waals surface area contributed by atoms with E-state index < -0.39 is 6.09 Å². The normalized spacial score (nSPS) is 15.7. The highest BCUT2D eigenvalue weighted by molar-refractivity contribution is 6.02. The molecule has 0 radical (unpaired) electrons. The summed E-state index contributed by atoms with van der Waals surface area (Å²) in [6, 6.07) is 18.6. The molecule has 1 aliphatic heterocycles. The minimum absolute atomic E-state index is 0.191. The second-order valence-electron chi connectivity index (χ2n) is 7.60. The maximum atomic E-state index is 12.1. The predicted molar refractivity (Wildman–Crippen MR) is 122 cm³/mol. The second-order valence-corrected chi connectivity index (χ2v) is 7.60. The first kappa shape index (κ1) is 19.8. The minimum Gasteiger partial charge on any atom is -0.465 e. The summed E-state index contributed by atoms with van der Waals surface area (Å²) in [6.45, 7) is 1.34. The Balaban J connectivity index is 1.55. The van der Waals surface area contributed by atoms with Gasteiger partial charge < -0.3 is 20.9 Å². The number of rotatable bonds is 5. The SMILES string of the molecule is Nc1[nH]nc2nc(N(C(=O)O)C3CCNC3)cc(-c3ccc(Oc4ccccc4)cc3)c12. The Labute approximate surface area is 183 Å². The van der Waals surface area contributed by atoms with E-state index in [2.05, 4.69) is 20.5 Å². The van der Waals surface area contributed by atoms with Crippen LogP contribution in [-0.4, -0.2) is 45.5 Å². The first-order valence-corrected chi connectivity index (χ1v) is 10.3. The average molecular weight is 430 g/mol. The second kappa shape index (κ2) is 8.20. The van der Waals surface area contributed by atoms with Gasteiger partial charge in [-0.1, -0.05) is 30.3 Å². The number of benzene rings is 2. The molecule has 0 spiro atoms. The van der Waals surface area contributed by atoms with Crippen molar-refractivity contribution in [2.45, 2.75) is 12.5 Å². The quantitative estimate of drug-likeness (QED) is 0.378. The van der Waals surface area contributed by atoms with Crippen molar-refractivity contribution in [2.75, 3.05) is 23.7 Å². The van der Waals surface area contributed by atoms with Crippen molar-refractivity contribution in [3.8, 4) is 22.6 Å². The highest BCUT2D eigenvalue weighted by Crippen LogP contribution is 2.35. The van der Waals surface area contributed by atoms with Gasteiger partial charge in [0.05, 0.1) is 11.4 Å². The fraction of sp³-hybridized carbons (Fsp3) is 0.174. The Kier molecular flexibility index (Phi) is 5.08. The van der Waals surface area contributed by atoms with Crippen molar-refractivity contribution >= 4 is 28.8 Å². The molecular formula is C23H22N6O3. The Morgan fingerprint density at radius 3 is 2.56 bits per heavy atom. The first-order chi connectivity index (χ1) is 15.6. The van der Waals surface area contributed by atoms with E-state index >= 15 is 0 Å². The number of fused-ring (bicyclic) bond motifs is 1. The Bertz CT molecular complexity index is 1250. The van der Waals surface area contributed by atoms with E-state index in [0.29, 0.717) is 35.0 Å². The largest absolute Gasteiger partial charge is 0.465 e. The predicted octanol–water partition coefficient (Wildman–Crippen LogP) is 3.85. The number of anilines is 2. The first-order valence-electron chi connectivity index (χ1n) is 10.3. The summed E-state index contributed by atoms with van der Waals surface area (Å²) in [6.07, 6.45) is -0.332. The van der Waals surface area contributed by atoms with Crippen LogP contribution in [0.4, 0.5) is 16.4 Å². The molecule has 0 aliphatic carbocycles. The molecule has 162 valence electrons. The number of carboxylic acid groups (broad SMARTS) is 1. The van der Waals surface area contributed by atoms with E-state index in [0.717, 1.165) is 29.8 Å². The average Bonchev–Trinajstić information content (AvgIpc) is 3.45. The van der Waals surface area contributed by atoms with Gasteiger partial charge in [0, 0.05) is 12.1 Å². The smallest absolute Gasteiger partial charge is 0.413 e. The van der Waals surface area contributed by atoms with Crippen molar-refractivity contribution in [3.05, 3.63) is 60.7 Å². The van der Waals surface area contributed by atoms with Crippen LogP contribution in [-0.2, 0) is 0 Å². The molecule has 9 heteroatoms. The number of nitrogen functional groups attached to an aromatic ring is 1. The number of para-hydroxylation sites is 1. The van der Waals surface area contributed by atoms with Crippen LogP contribution in [0.25, 0.3) is 22.2 Å². The lowest BCUT2D eigenvalue weighted by Crippen LogP contribution is -2.41. The van der Waals surface area contributed by atoms with Gasteiger partial charge >= 0.3 is 6.09 Å². The number of H-pyrrole nitrogens is 1. The molecule has 32 heavy (non-hydrogen) atoms. The third-order valence-corrected chi connectivity index (χ3v) is 5.54. The van der Waals surface area contributed by atoms with Gasteiger partial charge in [0.15, 0.2) is 5.65 Å². The zero-order valence-corrected chi connectivity index (χ0v) is 17.2. The Hall–Kier alpha value is -4.11. The number of hydrogen-bond acceptors (Lipinski definition) is 6. The van der Waals surface area contributed by atoms with Gasteiger partial charge in [0.1, 0.15) is 23.1 Å². The molecule has 1 saturated heterocycles. The number of aromatic nitrogens is 3. The molecule has 1 unspecified atom stereocenters. The minimum atomic E-state index is -1.05. The third-order valence-electron chi connectivity index (χ3n) is 5.54. The molecule has 9 nitrogen and oxygen atoms in total. The van der Waals surface area contributed by atoms with Crippen LogP contribution < -0.4 is 20.7 Å². The Morgan fingerprint density at radius 1 is 1.12 bits per heavy atom. The summed E-state index contributed by atoms with van der Waals surface area (Å²) in [5.41, 5.74) is 8.10. The maximum absolute atomic E-state index is 12.1. The fourth-order valence-electron chi connectivity index (χ4n) is 4.01. The highest BCUT2D eigenvalue weighted by atomic mass is 16.5. The van der Waals surface area contributed by atoms with Crippen LogP contribution in [0.15, 0.2) is 60.7 Å². The van der Waals surface area contributed by atoms with Crippen molar-refractivity contribution in [1.29, 1.82) is 0 Å². The van der Waals surface area contributed by atoms with Gasteiger partial charge in [-0.15, -0.1) is 0 Å². The number of nitrogens with one attached hydrogen (secondary N) is 2. The standard InChI is InChI=1S/C23H22N6O3/c24-21-20-18(14-6-8-17(9-7-14)32-16-4-2-1-3-5-16)12-19(26-22(20)28-27-21)29(23(30)31)15-10-11-25-13-15/h1-9,12,15,25H,10-11,13H2,(H,30,31)(H3,24,26,27,28). The lowest BCUT2D eigenvalue weighted by Gasteiger charge is -2.25. The van der Waals surface area contributed by atoms with Crippen LogP contribution in [0.5, 0.6) is 11.5 Å². The van der Waals surface area contributed by atoms with Gasteiger partial charge in [0.25, 0.3) is 0 Å². The molecule has 1 aliphatic rings. The molecule has 2 aromatic carbocycles. The summed E-state index contributed by atoms with van der Waals surface area (Å²) in [7, 11) is 0. The lowest BCUT2D eigenvalue weighted by atomic mass is 10.0. The van der Waals surface area contributed by atoms with Gasteiger partial charge in [0.2, 0.25) is 0 Å². The summed E-state index contributed by atoms with van der Waals surface area (Å²) in [5, 5.41) is 20.7. The molecule has 3 heterocycles. The van der Waals surface area contributed by atoms with Crippen LogP contribution >= 0.6 is 0 Å². The number of amides is 1. The number of nitrogens with zero attached hydrogens (tertiary/aromatic N) is 3. The summed E-state index contributed by atoms with van der Waals surface area (Å²) in [4.78, 5) is 17.9. The van der Waals surface area contributed by atoms with Crippen molar-refractivity contribution < 1.29 is 14.6 Å². The van der Waals surface area contributed by atoms with E-state index in [9.17, 15) is 9.90 Å². The van der Waals surface area contributed by atoms with Crippen molar-refractivity contribution in [2.24, 2.45) is 0 Å². The maximum Gasteiger partial charge on any atom is 0.413 e. The number of nitrogens with two attached hydrogens (primary N) is 1. The van der Waals surface area contributed by atoms with Crippen molar-refractivity contribution in [1.82, 2.24) is 20.5 Å². The number of aromatic amines is 1. The van der Waals surface area contributed by atoms with E-state index in [1.54, 1.807) is 6.07 Å². The van der Waals surface area contributed by atoms with E-state index in [1.165, 1.54) is 4.90 Å². The zero-order chi connectivity index (χ0) is 22.1. The monoisotopic (exact) mass is 430 g/mol. The van der Waals surface area contributed by atoms with Gasteiger partial charge in [-0.25, -0.2) is 9.78 Å². The van der Waals surface area contributed by atoms with Crippen LogP contribution in [0.1, 0.15) is 6.42 Å². The molecule has 0 bridgehead atoms. The summed E-state index contributed by atoms with van der Waals surface area (Å²) >= 11 is 0. The summed E-state index contributed by atoms with van der Waals surface area (Å²) < 4.78 is 5.88. The molecule has 1 fully saturated rings. The fourth-order valence-corrected chi connectivity index (χ4v) is 4.01. The highest BCUT2D eigenvalue weighted by Gasteiger charge is 2.30. The van der Waals surface area contributed by atoms with Gasteiger partial charge in [-0.2, -0.15) is 5.10 Å². The van der Waals surface area contributed by atoms with Crippen molar-refractivity contribution in [3.63, 3.8) is 0 Å². The molecule has 1 atom stereocenters. The molecular weight excluding hydrogens is 408 g/mol. The topological polar surface area (TPSA) is 129 Å². The van der Waals surface area contributed by atoms with Crippen LogP contribution in [0, 0.1) is 0 Å². The number of hydrogen-bond donors (Lipinski definition) is 4. The molecule has 1 amide bonds.